The first kappa shape index (κ1) is 20.1. The summed E-state index contributed by atoms with van der Waals surface area (Å²) in [6.45, 7) is 2.84. The van der Waals surface area contributed by atoms with Crippen molar-refractivity contribution in [3.05, 3.63) is 53.7 Å². The maximum atomic E-state index is 12.5. The van der Waals surface area contributed by atoms with Crippen LogP contribution in [0.2, 0.25) is 0 Å². The number of unbranched alkanes of at least 4 members (excludes halogenated alkanes) is 1. The summed E-state index contributed by atoms with van der Waals surface area (Å²) in [5.41, 5.74) is -3.42. The van der Waals surface area contributed by atoms with Crippen LogP contribution in [0.15, 0.2) is 47.6 Å². The Bertz CT molecular complexity index is 721. The van der Waals surface area contributed by atoms with E-state index in [2.05, 4.69) is 10.3 Å². The normalized spacial score (nSPS) is 11.2. The molecule has 2 aromatic rings. The molecule has 1 aromatic carbocycles. The Hall–Kier alpha value is -2.22. The van der Waals surface area contributed by atoms with E-state index in [4.69, 9.17) is 4.74 Å². The molecular formula is C18H19F3N2O2S. The lowest BCUT2D eigenvalue weighted by atomic mass is 10.2. The molecule has 0 aliphatic rings. The van der Waals surface area contributed by atoms with Gasteiger partial charge in [0, 0.05) is 24.5 Å². The molecule has 0 saturated carbocycles. The zero-order chi connectivity index (χ0) is 19.0. The summed E-state index contributed by atoms with van der Waals surface area (Å²) in [4.78, 5) is 15.7. The fourth-order valence-corrected chi connectivity index (χ4v) is 2.71. The van der Waals surface area contributed by atoms with Crippen LogP contribution in [0.1, 0.15) is 28.8 Å². The number of nitrogens with zero attached hydrogens (tertiary/aromatic N) is 1. The van der Waals surface area contributed by atoms with Crippen molar-refractivity contribution in [3.8, 4) is 5.75 Å². The SMILES string of the molecule is Cc1ccc(OCCCCNC(=O)c2cccnc2SC(F)(F)F)cc1. The molecule has 1 aromatic heterocycles. The van der Waals surface area contributed by atoms with Crippen LogP contribution in [0.4, 0.5) is 13.2 Å². The molecule has 0 aliphatic carbocycles. The summed E-state index contributed by atoms with van der Waals surface area (Å²) in [7, 11) is 0. The predicted molar refractivity (Wildman–Crippen MR) is 94.4 cm³/mol. The predicted octanol–water partition coefficient (Wildman–Crippen LogP) is 4.59. The number of carbonyl (C=O) groups is 1. The molecule has 0 bridgehead atoms. The van der Waals surface area contributed by atoms with E-state index in [0.717, 1.165) is 11.3 Å². The van der Waals surface area contributed by atoms with Crippen LogP contribution >= 0.6 is 11.8 Å². The van der Waals surface area contributed by atoms with Crippen LogP contribution in [-0.4, -0.2) is 29.6 Å². The number of aromatic nitrogens is 1. The monoisotopic (exact) mass is 384 g/mol. The van der Waals surface area contributed by atoms with Gasteiger partial charge in [0.2, 0.25) is 0 Å². The quantitative estimate of drug-likeness (QED) is 0.534. The van der Waals surface area contributed by atoms with Gasteiger partial charge < -0.3 is 10.1 Å². The minimum Gasteiger partial charge on any atom is -0.494 e. The van der Waals surface area contributed by atoms with E-state index in [1.54, 1.807) is 0 Å². The van der Waals surface area contributed by atoms with Gasteiger partial charge in [-0.15, -0.1) is 0 Å². The number of rotatable bonds is 8. The van der Waals surface area contributed by atoms with Gasteiger partial charge in [0.1, 0.15) is 10.8 Å². The molecule has 0 spiro atoms. The van der Waals surface area contributed by atoms with Crippen LogP contribution in [0.5, 0.6) is 5.75 Å². The molecule has 26 heavy (non-hydrogen) atoms. The molecule has 0 atom stereocenters. The van der Waals surface area contributed by atoms with E-state index in [0.29, 0.717) is 26.0 Å². The van der Waals surface area contributed by atoms with Crippen LogP contribution < -0.4 is 10.1 Å². The van der Waals surface area contributed by atoms with E-state index >= 15 is 0 Å². The largest absolute Gasteiger partial charge is 0.494 e. The second-order valence-electron chi connectivity index (χ2n) is 5.53. The maximum Gasteiger partial charge on any atom is 0.447 e. The number of hydrogen-bond acceptors (Lipinski definition) is 4. The van der Waals surface area contributed by atoms with Gasteiger partial charge in [-0.2, -0.15) is 13.2 Å². The fraction of sp³-hybridized carbons (Fsp3) is 0.333. The highest BCUT2D eigenvalue weighted by molar-refractivity contribution is 8.00. The van der Waals surface area contributed by atoms with Gasteiger partial charge >= 0.3 is 5.51 Å². The van der Waals surface area contributed by atoms with Crippen LogP contribution in [0.25, 0.3) is 0 Å². The zero-order valence-electron chi connectivity index (χ0n) is 14.2. The molecule has 0 fully saturated rings. The summed E-state index contributed by atoms with van der Waals surface area (Å²) in [6, 6.07) is 10.5. The molecule has 0 saturated heterocycles. The molecule has 140 valence electrons. The van der Waals surface area contributed by atoms with Gasteiger partial charge in [-0.05, 0) is 44.0 Å². The Balaban J connectivity index is 1.73. The zero-order valence-corrected chi connectivity index (χ0v) is 15.0. The number of thioether (sulfide) groups is 1. The number of aryl methyl sites for hydroxylation is 1. The number of hydrogen-bond donors (Lipinski definition) is 1. The van der Waals surface area contributed by atoms with Crippen molar-refractivity contribution < 1.29 is 22.7 Å². The summed E-state index contributed by atoms with van der Waals surface area (Å²) < 4.78 is 43.1. The first-order chi connectivity index (χ1) is 12.3. The third kappa shape index (κ3) is 6.95. The van der Waals surface area contributed by atoms with E-state index in [9.17, 15) is 18.0 Å². The third-order valence-corrected chi connectivity index (χ3v) is 4.12. The highest BCUT2D eigenvalue weighted by Gasteiger charge is 2.32. The maximum absolute atomic E-state index is 12.5. The van der Waals surface area contributed by atoms with Crippen LogP contribution in [0.3, 0.4) is 0 Å². The van der Waals surface area contributed by atoms with Crippen molar-refractivity contribution in [2.24, 2.45) is 0 Å². The summed E-state index contributed by atoms with van der Waals surface area (Å²) in [5.74, 6) is 0.216. The Morgan fingerprint density at radius 2 is 1.92 bits per heavy atom. The van der Waals surface area contributed by atoms with Crippen LogP contribution in [0, 0.1) is 6.92 Å². The molecular weight excluding hydrogens is 365 g/mol. The molecule has 1 amide bonds. The Kier molecular flexibility index (Phi) is 7.32. The second-order valence-corrected chi connectivity index (χ2v) is 6.58. The smallest absolute Gasteiger partial charge is 0.447 e. The first-order valence-electron chi connectivity index (χ1n) is 8.03. The number of alkyl halides is 3. The molecule has 0 radical (unpaired) electrons. The molecule has 8 heteroatoms. The van der Waals surface area contributed by atoms with Gasteiger partial charge in [0.05, 0.1) is 12.2 Å². The molecule has 2 rings (SSSR count). The Morgan fingerprint density at radius 3 is 2.62 bits per heavy atom. The van der Waals surface area contributed by atoms with Crippen molar-refractivity contribution in [1.29, 1.82) is 0 Å². The highest BCUT2D eigenvalue weighted by atomic mass is 32.2. The number of benzene rings is 1. The van der Waals surface area contributed by atoms with E-state index in [-0.39, 0.29) is 10.6 Å². The first-order valence-corrected chi connectivity index (χ1v) is 8.85. The van der Waals surface area contributed by atoms with Crippen molar-refractivity contribution in [2.45, 2.75) is 30.3 Å². The van der Waals surface area contributed by atoms with Crippen LogP contribution in [-0.2, 0) is 0 Å². The van der Waals surface area contributed by atoms with Gasteiger partial charge in [0.25, 0.3) is 5.91 Å². The van der Waals surface area contributed by atoms with Gasteiger partial charge in [0.15, 0.2) is 0 Å². The molecule has 4 nitrogen and oxygen atoms in total. The van der Waals surface area contributed by atoms with Gasteiger partial charge in [-0.3, -0.25) is 4.79 Å². The van der Waals surface area contributed by atoms with E-state index in [1.165, 1.54) is 18.3 Å². The molecule has 0 aliphatic heterocycles. The van der Waals surface area contributed by atoms with E-state index < -0.39 is 23.2 Å². The Morgan fingerprint density at radius 1 is 1.19 bits per heavy atom. The number of ether oxygens (including phenoxy) is 1. The second kappa shape index (κ2) is 9.47. The number of nitrogens with one attached hydrogen (secondary N) is 1. The number of carbonyl (C=O) groups excluding carboxylic acids is 1. The van der Waals surface area contributed by atoms with Gasteiger partial charge in [-0.25, -0.2) is 4.98 Å². The topological polar surface area (TPSA) is 51.2 Å². The lowest BCUT2D eigenvalue weighted by molar-refractivity contribution is -0.0329. The van der Waals surface area contributed by atoms with Crippen molar-refractivity contribution >= 4 is 17.7 Å². The van der Waals surface area contributed by atoms with Crippen molar-refractivity contribution in [1.82, 2.24) is 10.3 Å². The average Bonchev–Trinajstić information content (AvgIpc) is 2.58. The number of pyridine rings is 1. The third-order valence-electron chi connectivity index (χ3n) is 3.37. The number of amides is 1. The minimum absolute atomic E-state index is 0.0780. The standard InChI is InChI=1S/C18H19F3N2O2S/c1-13-6-8-14(9-7-13)25-12-3-2-10-22-16(24)15-5-4-11-23-17(15)26-18(19,20)21/h4-9,11H,2-3,10,12H2,1H3,(H,22,24). The minimum atomic E-state index is -4.49. The summed E-state index contributed by atoms with van der Waals surface area (Å²) in [6.07, 6.45) is 2.60. The average molecular weight is 384 g/mol. The lowest BCUT2D eigenvalue weighted by Crippen LogP contribution is -2.25. The molecule has 1 heterocycles. The van der Waals surface area contributed by atoms with Crippen molar-refractivity contribution in [2.75, 3.05) is 13.2 Å². The highest BCUT2D eigenvalue weighted by Crippen LogP contribution is 2.37. The van der Waals surface area contributed by atoms with E-state index in [1.807, 2.05) is 31.2 Å². The van der Waals surface area contributed by atoms with Crippen molar-refractivity contribution in [3.63, 3.8) is 0 Å². The summed E-state index contributed by atoms with van der Waals surface area (Å²) >= 11 is -0.390. The molecule has 1 N–H and O–H groups in total. The Labute approximate surface area is 154 Å². The molecule has 0 unspecified atom stereocenters. The van der Waals surface area contributed by atoms with Gasteiger partial charge in [-0.1, -0.05) is 17.7 Å². The fourth-order valence-electron chi connectivity index (χ4n) is 2.10. The lowest BCUT2D eigenvalue weighted by Gasteiger charge is -2.10. The summed E-state index contributed by atoms with van der Waals surface area (Å²) in [5, 5.41) is 2.27. The number of halogens is 3.